The van der Waals surface area contributed by atoms with Crippen LogP contribution in [-0.4, -0.2) is 36.2 Å². The minimum Gasteiger partial charge on any atom is -0.508 e. The molecule has 1 aliphatic heterocycles. The van der Waals surface area contributed by atoms with Gasteiger partial charge in [-0.3, -0.25) is 4.90 Å². The highest BCUT2D eigenvalue weighted by Gasteiger charge is 2.28. The molecule has 0 spiro atoms. The third-order valence-electron chi connectivity index (χ3n) is 4.23. The number of piperazine rings is 1. The number of phenols is 1. The summed E-state index contributed by atoms with van der Waals surface area (Å²) < 4.78 is 0. The zero-order chi connectivity index (χ0) is 13.8. The number of nitrogens with zero attached hydrogens (tertiary/aromatic N) is 1. The molecule has 1 aromatic carbocycles. The van der Waals surface area contributed by atoms with Crippen molar-refractivity contribution in [3.8, 4) is 5.75 Å². The molecule has 0 bridgehead atoms. The van der Waals surface area contributed by atoms with Gasteiger partial charge in [0.2, 0.25) is 0 Å². The summed E-state index contributed by atoms with van der Waals surface area (Å²) in [4.78, 5) is 2.51. The molecule has 1 heterocycles. The van der Waals surface area contributed by atoms with E-state index in [1.807, 2.05) is 12.1 Å². The molecule has 1 saturated heterocycles. The number of nitrogens with one attached hydrogen (secondary N) is 1. The van der Waals surface area contributed by atoms with Crippen LogP contribution in [0.15, 0.2) is 18.2 Å². The summed E-state index contributed by atoms with van der Waals surface area (Å²) in [5, 5.41) is 13.6. The number of hydrogen-bond donors (Lipinski definition) is 2. The first-order valence-corrected chi connectivity index (χ1v) is 7.37. The summed E-state index contributed by atoms with van der Waals surface area (Å²) in [7, 11) is 0. The van der Waals surface area contributed by atoms with Crippen LogP contribution in [0.2, 0.25) is 0 Å². The number of phenolic OH excluding ortho intramolecular Hbond substituents is 1. The van der Waals surface area contributed by atoms with Crippen molar-refractivity contribution in [2.75, 3.05) is 26.2 Å². The van der Waals surface area contributed by atoms with Gasteiger partial charge in [0, 0.05) is 37.8 Å². The maximum absolute atomic E-state index is 10.2. The van der Waals surface area contributed by atoms with Crippen LogP contribution in [0.4, 0.5) is 0 Å². The lowest BCUT2D eigenvalue weighted by Gasteiger charge is -2.38. The molecule has 0 amide bonds. The first-order valence-electron chi connectivity index (χ1n) is 7.37. The smallest absolute Gasteiger partial charge is 0.120 e. The summed E-state index contributed by atoms with van der Waals surface area (Å²) >= 11 is 0. The summed E-state index contributed by atoms with van der Waals surface area (Å²) in [6, 6.07) is 6.28. The fraction of sp³-hybridized carbons (Fsp3) is 0.625. The zero-order valence-corrected chi connectivity index (χ0v) is 12.3. The summed E-state index contributed by atoms with van der Waals surface area (Å²) in [6.07, 6.45) is 1.13. The van der Waals surface area contributed by atoms with Crippen molar-refractivity contribution >= 4 is 0 Å². The molecule has 2 atom stereocenters. The van der Waals surface area contributed by atoms with E-state index in [2.05, 4.69) is 37.1 Å². The van der Waals surface area contributed by atoms with Crippen LogP contribution in [0.25, 0.3) is 0 Å². The molecule has 19 heavy (non-hydrogen) atoms. The lowest BCUT2D eigenvalue weighted by atomic mass is 9.89. The van der Waals surface area contributed by atoms with Crippen LogP contribution in [0.1, 0.15) is 37.4 Å². The van der Waals surface area contributed by atoms with Gasteiger partial charge in [-0.05, 0) is 18.9 Å². The highest BCUT2D eigenvalue weighted by molar-refractivity contribution is 5.38. The van der Waals surface area contributed by atoms with Gasteiger partial charge in [0.05, 0.1) is 0 Å². The van der Waals surface area contributed by atoms with Gasteiger partial charge in [0.15, 0.2) is 0 Å². The summed E-state index contributed by atoms with van der Waals surface area (Å²) in [5.41, 5.74) is 2.31. The first-order chi connectivity index (χ1) is 9.13. The molecule has 0 aliphatic carbocycles. The van der Waals surface area contributed by atoms with Gasteiger partial charge < -0.3 is 10.4 Å². The second kappa shape index (κ2) is 6.40. The van der Waals surface area contributed by atoms with Crippen LogP contribution >= 0.6 is 0 Å². The van der Waals surface area contributed by atoms with Crippen LogP contribution in [0.3, 0.4) is 0 Å². The molecule has 2 N–H and O–H groups in total. The second-order valence-electron chi connectivity index (χ2n) is 5.68. The van der Waals surface area contributed by atoms with Crippen LogP contribution in [-0.2, 0) is 0 Å². The van der Waals surface area contributed by atoms with Gasteiger partial charge in [-0.25, -0.2) is 0 Å². The van der Waals surface area contributed by atoms with E-state index in [0.29, 0.717) is 17.7 Å². The van der Waals surface area contributed by atoms with Crippen molar-refractivity contribution in [3.05, 3.63) is 29.3 Å². The van der Waals surface area contributed by atoms with E-state index in [0.717, 1.165) is 38.2 Å². The third kappa shape index (κ3) is 3.28. The number of rotatable bonds is 4. The zero-order valence-electron chi connectivity index (χ0n) is 12.3. The van der Waals surface area contributed by atoms with Crippen molar-refractivity contribution in [2.24, 2.45) is 5.92 Å². The van der Waals surface area contributed by atoms with E-state index in [1.54, 1.807) is 0 Å². The third-order valence-corrected chi connectivity index (χ3v) is 4.23. The average Bonchev–Trinajstić information content (AvgIpc) is 2.44. The first kappa shape index (κ1) is 14.4. The van der Waals surface area contributed by atoms with Crippen molar-refractivity contribution in [3.63, 3.8) is 0 Å². The lowest BCUT2D eigenvalue weighted by molar-refractivity contribution is 0.126. The van der Waals surface area contributed by atoms with Crippen molar-refractivity contribution in [1.29, 1.82) is 0 Å². The predicted octanol–water partition coefficient (Wildman–Crippen LogP) is 2.69. The Morgan fingerprint density at radius 1 is 1.32 bits per heavy atom. The highest BCUT2D eigenvalue weighted by atomic mass is 16.3. The molecule has 0 aromatic heterocycles. The number of hydrogen-bond acceptors (Lipinski definition) is 3. The SMILES string of the molecule is CCC(C)[C@@H](c1cc(C)ccc1O)N1CCNCC1. The minimum atomic E-state index is 0.326. The Labute approximate surface area is 116 Å². The normalized spacial score (nSPS) is 20.2. The van der Waals surface area contributed by atoms with E-state index in [-0.39, 0.29) is 0 Å². The fourth-order valence-corrected chi connectivity index (χ4v) is 2.96. The molecule has 2 rings (SSSR count). The molecule has 1 aromatic rings. The maximum Gasteiger partial charge on any atom is 0.120 e. The summed E-state index contributed by atoms with van der Waals surface area (Å²) in [6.45, 7) is 10.8. The monoisotopic (exact) mass is 262 g/mol. The maximum atomic E-state index is 10.2. The molecular formula is C16H26N2O. The lowest BCUT2D eigenvalue weighted by Crippen LogP contribution is -2.46. The number of aromatic hydroxyl groups is 1. The number of aryl methyl sites for hydroxylation is 1. The summed E-state index contributed by atoms with van der Waals surface area (Å²) in [5.74, 6) is 0.986. The predicted molar refractivity (Wildman–Crippen MR) is 79.5 cm³/mol. The van der Waals surface area contributed by atoms with Gasteiger partial charge in [-0.15, -0.1) is 0 Å². The molecule has 1 aliphatic rings. The molecule has 0 saturated carbocycles. The van der Waals surface area contributed by atoms with E-state index < -0.39 is 0 Å². The van der Waals surface area contributed by atoms with Gasteiger partial charge >= 0.3 is 0 Å². The molecule has 3 heteroatoms. The van der Waals surface area contributed by atoms with Crippen LogP contribution in [0.5, 0.6) is 5.75 Å². The van der Waals surface area contributed by atoms with Crippen molar-refractivity contribution in [1.82, 2.24) is 10.2 Å². The van der Waals surface area contributed by atoms with E-state index in [9.17, 15) is 5.11 Å². The van der Waals surface area contributed by atoms with Crippen LogP contribution in [0, 0.1) is 12.8 Å². The van der Waals surface area contributed by atoms with Crippen molar-refractivity contribution < 1.29 is 5.11 Å². The van der Waals surface area contributed by atoms with Gasteiger partial charge in [0.1, 0.15) is 5.75 Å². The average molecular weight is 262 g/mol. The number of benzene rings is 1. The topological polar surface area (TPSA) is 35.5 Å². The molecule has 1 unspecified atom stereocenters. The van der Waals surface area contributed by atoms with E-state index >= 15 is 0 Å². The highest BCUT2D eigenvalue weighted by Crippen LogP contribution is 2.36. The van der Waals surface area contributed by atoms with Gasteiger partial charge in [0.25, 0.3) is 0 Å². The molecule has 1 fully saturated rings. The van der Waals surface area contributed by atoms with Gasteiger partial charge in [-0.1, -0.05) is 38.0 Å². The van der Waals surface area contributed by atoms with Crippen LogP contribution < -0.4 is 5.32 Å². The quantitative estimate of drug-likeness (QED) is 0.876. The van der Waals surface area contributed by atoms with E-state index in [1.165, 1.54) is 5.56 Å². The Kier molecular flexibility index (Phi) is 4.83. The second-order valence-corrected chi connectivity index (χ2v) is 5.68. The Bertz CT molecular complexity index is 413. The molecule has 106 valence electrons. The fourth-order valence-electron chi connectivity index (χ4n) is 2.96. The van der Waals surface area contributed by atoms with Crippen molar-refractivity contribution in [2.45, 2.75) is 33.2 Å². The Hall–Kier alpha value is -1.06. The molecular weight excluding hydrogens is 236 g/mol. The Morgan fingerprint density at radius 3 is 2.63 bits per heavy atom. The standard InChI is InChI=1S/C16H26N2O/c1-4-13(3)16(18-9-7-17-8-10-18)14-11-12(2)5-6-15(14)19/h5-6,11,13,16-17,19H,4,7-10H2,1-3H3/t13?,16-/m0/s1. The Morgan fingerprint density at radius 2 is 2.00 bits per heavy atom. The van der Waals surface area contributed by atoms with Gasteiger partial charge in [-0.2, -0.15) is 0 Å². The minimum absolute atomic E-state index is 0.326. The largest absolute Gasteiger partial charge is 0.508 e. The molecule has 0 radical (unpaired) electrons. The molecule has 3 nitrogen and oxygen atoms in total. The van der Waals surface area contributed by atoms with E-state index in [4.69, 9.17) is 0 Å². The Balaban J connectivity index is 2.33.